The predicted octanol–water partition coefficient (Wildman–Crippen LogP) is 1.94. The second kappa shape index (κ2) is 5.50. The number of hydrogen-bond acceptors (Lipinski definition) is 3. The van der Waals surface area contributed by atoms with E-state index >= 15 is 0 Å². The third-order valence-corrected chi connectivity index (χ3v) is 1.98. The molecule has 0 bridgehead atoms. The van der Waals surface area contributed by atoms with Gasteiger partial charge in [0.15, 0.2) is 11.5 Å². The zero-order chi connectivity index (χ0) is 10.4. The molecule has 0 saturated heterocycles. The lowest BCUT2D eigenvalue weighted by Gasteiger charge is -1.99. The molecule has 0 saturated carbocycles. The minimum atomic E-state index is 0.366. The quantitative estimate of drug-likeness (QED) is 0.784. The predicted molar refractivity (Wildman–Crippen MR) is 56.7 cm³/mol. The van der Waals surface area contributed by atoms with Crippen LogP contribution in [0.4, 0.5) is 0 Å². The Labute approximate surface area is 84.8 Å². The van der Waals surface area contributed by atoms with E-state index in [1.807, 2.05) is 6.07 Å². The highest BCUT2D eigenvalue weighted by Crippen LogP contribution is 2.32. The molecule has 14 heavy (non-hydrogen) atoms. The Morgan fingerprint density at radius 1 is 1.21 bits per heavy atom. The maximum absolute atomic E-state index is 5.26. The number of aryl methyl sites for hydroxylation is 1. The van der Waals surface area contributed by atoms with E-state index in [1.165, 1.54) is 19.0 Å². The van der Waals surface area contributed by atoms with E-state index in [0.717, 1.165) is 17.9 Å². The molecule has 78 valence electrons. The summed E-state index contributed by atoms with van der Waals surface area (Å²) in [6, 6.07) is 6.14. The van der Waals surface area contributed by atoms with Gasteiger partial charge in [0.05, 0.1) is 0 Å². The van der Waals surface area contributed by atoms with E-state index in [-0.39, 0.29) is 0 Å². The van der Waals surface area contributed by atoms with Crippen LogP contribution in [-0.2, 0) is 6.42 Å². The molecule has 1 heterocycles. The van der Waals surface area contributed by atoms with Gasteiger partial charge in [-0.25, -0.2) is 0 Å². The summed E-state index contributed by atoms with van der Waals surface area (Å²) in [6.07, 6.45) is 2.27. The van der Waals surface area contributed by atoms with Crippen molar-refractivity contribution in [3.05, 3.63) is 23.8 Å². The number of nitrogens with two attached hydrogens (primary N) is 1. The highest BCUT2D eigenvalue weighted by molar-refractivity contribution is 5.44. The Bertz CT molecular complexity index is 287. The minimum Gasteiger partial charge on any atom is -0.454 e. The summed E-state index contributed by atoms with van der Waals surface area (Å²) in [4.78, 5) is 0. The molecule has 1 aromatic rings. The second-order valence-corrected chi connectivity index (χ2v) is 2.94. The fourth-order valence-electron chi connectivity index (χ4n) is 1.39. The molecule has 1 aliphatic rings. The molecule has 3 heteroatoms. The largest absolute Gasteiger partial charge is 0.454 e. The van der Waals surface area contributed by atoms with Crippen molar-refractivity contribution in [2.75, 3.05) is 13.8 Å². The monoisotopic (exact) mass is 195 g/mol. The molecular formula is C11H17NO2. The smallest absolute Gasteiger partial charge is 0.231 e. The topological polar surface area (TPSA) is 44.5 Å². The summed E-state index contributed by atoms with van der Waals surface area (Å²) < 4.78 is 10.5. The number of hydrogen-bond donors (Lipinski definition) is 1. The molecule has 2 N–H and O–H groups in total. The third kappa shape index (κ3) is 2.39. The van der Waals surface area contributed by atoms with Crippen LogP contribution in [0.25, 0.3) is 0 Å². The molecule has 0 radical (unpaired) electrons. The van der Waals surface area contributed by atoms with Gasteiger partial charge in [0.2, 0.25) is 6.79 Å². The Morgan fingerprint density at radius 2 is 1.93 bits per heavy atom. The summed E-state index contributed by atoms with van der Waals surface area (Å²) >= 11 is 0. The molecule has 0 amide bonds. The maximum atomic E-state index is 5.26. The summed E-state index contributed by atoms with van der Waals surface area (Å²) in [5.41, 5.74) is 5.82. The molecule has 2 rings (SSSR count). The third-order valence-electron chi connectivity index (χ3n) is 1.98. The van der Waals surface area contributed by atoms with Crippen LogP contribution in [-0.4, -0.2) is 13.8 Å². The van der Waals surface area contributed by atoms with Crippen molar-refractivity contribution < 1.29 is 9.47 Å². The van der Waals surface area contributed by atoms with E-state index in [0.29, 0.717) is 6.79 Å². The lowest BCUT2D eigenvalue weighted by molar-refractivity contribution is 0.174. The molecule has 3 nitrogen and oxygen atoms in total. The molecule has 1 aliphatic heterocycles. The van der Waals surface area contributed by atoms with Gasteiger partial charge in [-0.2, -0.15) is 0 Å². The van der Waals surface area contributed by atoms with Crippen LogP contribution in [0.2, 0.25) is 0 Å². The fraction of sp³-hybridized carbons (Fsp3) is 0.455. The van der Waals surface area contributed by atoms with Gasteiger partial charge in [0.1, 0.15) is 0 Å². The normalized spacial score (nSPS) is 11.9. The summed E-state index contributed by atoms with van der Waals surface area (Å²) in [5.74, 6) is 1.76. The highest BCUT2D eigenvalue weighted by atomic mass is 16.7. The van der Waals surface area contributed by atoms with Crippen LogP contribution in [0.3, 0.4) is 0 Å². The zero-order valence-corrected chi connectivity index (χ0v) is 8.75. The number of rotatable bonds is 2. The van der Waals surface area contributed by atoms with Gasteiger partial charge in [-0.15, -0.1) is 0 Å². The first-order chi connectivity index (χ1) is 6.90. The van der Waals surface area contributed by atoms with Gasteiger partial charge in [-0.1, -0.05) is 19.4 Å². The number of fused-ring (bicyclic) bond motifs is 1. The van der Waals surface area contributed by atoms with Crippen molar-refractivity contribution >= 4 is 0 Å². The average molecular weight is 195 g/mol. The first kappa shape index (κ1) is 10.9. The van der Waals surface area contributed by atoms with E-state index < -0.39 is 0 Å². The minimum absolute atomic E-state index is 0.366. The van der Waals surface area contributed by atoms with Crippen LogP contribution >= 0.6 is 0 Å². The number of ether oxygens (including phenoxy) is 2. The molecule has 0 unspecified atom stereocenters. The standard InChI is InChI=1S/C10H12O2.CH5N/c1-2-3-8-4-5-9-10(6-8)12-7-11-9;1-2/h4-6H,2-3,7H2,1H3;2H2,1H3. The van der Waals surface area contributed by atoms with Crippen molar-refractivity contribution in [3.8, 4) is 11.5 Å². The van der Waals surface area contributed by atoms with Crippen molar-refractivity contribution in [1.82, 2.24) is 0 Å². The van der Waals surface area contributed by atoms with Crippen molar-refractivity contribution in [3.63, 3.8) is 0 Å². The van der Waals surface area contributed by atoms with Gasteiger partial charge in [0, 0.05) is 0 Å². The Morgan fingerprint density at radius 3 is 2.64 bits per heavy atom. The Balaban J connectivity index is 0.000000461. The molecule has 0 aromatic heterocycles. The SMILES string of the molecule is CCCc1ccc2c(c1)OCO2.CN. The average Bonchev–Trinajstić information content (AvgIpc) is 2.68. The van der Waals surface area contributed by atoms with Crippen molar-refractivity contribution in [2.24, 2.45) is 5.73 Å². The van der Waals surface area contributed by atoms with E-state index in [1.54, 1.807) is 0 Å². The Hall–Kier alpha value is -1.22. The van der Waals surface area contributed by atoms with Crippen LogP contribution < -0.4 is 15.2 Å². The molecule has 0 atom stereocenters. The van der Waals surface area contributed by atoms with Crippen LogP contribution in [0.15, 0.2) is 18.2 Å². The van der Waals surface area contributed by atoms with Crippen LogP contribution in [0.5, 0.6) is 11.5 Å². The first-order valence-electron chi connectivity index (χ1n) is 4.86. The summed E-state index contributed by atoms with van der Waals surface area (Å²) in [6.45, 7) is 2.54. The molecule has 1 aromatic carbocycles. The lowest BCUT2D eigenvalue weighted by Crippen LogP contribution is -1.92. The molecular weight excluding hydrogens is 178 g/mol. The lowest BCUT2D eigenvalue weighted by atomic mass is 10.1. The first-order valence-corrected chi connectivity index (χ1v) is 4.86. The van der Waals surface area contributed by atoms with Crippen LogP contribution in [0.1, 0.15) is 18.9 Å². The van der Waals surface area contributed by atoms with E-state index in [2.05, 4.69) is 24.8 Å². The number of benzene rings is 1. The highest BCUT2D eigenvalue weighted by Gasteiger charge is 2.12. The van der Waals surface area contributed by atoms with Gasteiger partial charge in [-0.3, -0.25) is 0 Å². The summed E-state index contributed by atoms with van der Waals surface area (Å²) in [7, 11) is 1.50. The summed E-state index contributed by atoms with van der Waals surface area (Å²) in [5, 5.41) is 0. The maximum Gasteiger partial charge on any atom is 0.231 e. The molecule has 0 fully saturated rings. The van der Waals surface area contributed by atoms with Gasteiger partial charge in [0.25, 0.3) is 0 Å². The molecule has 0 spiro atoms. The van der Waals surface area contributed by atoms with Gasteiger partial charge in [-0.05, 0) is 31.2 Å². The van der Waals surface area contributed by atoms with Crippen molar-refractivity contribution in [1.29, 1.82) is 0 Å². The zero-order valence-electron chi connectivity index (χ0n) is 8.75. The van der Waals surface area contributed by atoms with Gasteiger partial charge < -0.3 is 15.2 Å². The van der Waals surface area contributed by atoms with Crippen LogP contribution in [0, 0.1) is 0 Å². The van der Waals surface area contributed by atoms with Gasteiger partial charge >= 0.3 is 0 Å². The Kier molecular flexibility index (Phi) is 4.26. The van der Waals surface area contributed by atoms with E-state index in [9.17, 15) is 0 Å². The van der Waals surface area contributed by atoms with Crippen molar-refractivity contribution in [2.45, 2.75) is 19.8 Å². The van der Waals surface area contributed by atoms with E-state index in [4.69, 9.17) is 9.47 Å². The molecule has 0 aliphatic carbocycles. The second-order valence-electron chi connectivity index (χ2n) is 2.94. The fourth-order valence-corrected chi connectivity index (χ4v) is 1.39.